The van der Waals surface area contributed by atoms with Crippen LogP contribution < -0.4 is 5.43 Å². The minimum Gasteiger partial charge on any atom is -0.507 e. The van der Waals surface area contributed by atoms with Crippen LogP contribution in [0.15, 0.2) is 90.0 Å². The van der Waals surface area contributed by atoms with Crippen molar-refractivity contribution in [3.63, 3.8) is 0 Å². The lowest BCUT2D eigenvalue weighted by molar-refractivity contribution is -0.122. The number of benzene rings is 3. The normalized spacial score (nSPS) is 17.8. The first-order chi connectivity index (χ1) is 13.6. The van der Waals surface area contributed by atoms with E-state index in [-0.39, 0.29) is 23.0 Å². The molecule has 3 aromatic carbocycles. The average molecular weight is 370 g/mol. The van der Waals surface area contributed by atoms with Gasteiger partial charge in [-0.3, -0.25) is 4.79 Å². The summed E-state index contributed by atoms with van der Waals surface area (Å²) >= 11 is 0. The average Bonchev–Trinajstić information content (AvgIpc) is 3.51. The number of nitrogens with zero attached hydrogens (tertiary/aromatic N) is 1. The second-order valence-corrected chi connectivity index (χ2v) is 7.15. The van der Waals surface area contributed by atoms with Crippen LogP contribution in [0.2, 0.25) is 0 Å². The summed E-state index contributed by atoms with van der Waals surface area (Å²) in [5, 5.41) is 14.2. The Bertz CT molecular complexity index is 974. The van der Waals surface area contributed by atoms with Gasteiger partial charge < -0.3 is 5.11 Å². The lowest BCUT2D eigenvalue weighted by Crippen LogP contribution is -2.26. The van der Waals surface area contributed by atoms with Gasteiger partial charge in [0.2, 0.25) is 5.91 Å². The number of carbonyl (C=O) groups is 1. The standard InChI is InChI=1S/C24H22N2O2/c1-17(20-14-8-9-15-22(20)27)25-26-23(28)21-16-24(21,18-10-4-2-5-11-18)19-12-6-3-7-13-19/h2-15,21,27H,16H2,1H3,(H,26,28)/b25-17+. The number of phenols is 1. The summed E-state index contributed by atoms with van der Waals surface area (Å²) in [4.78, 5) is 12.9. The van der Waals surface area contributed by atoms with E-state index in [2.05, 4.69) is 34.8 Å². The second kappa shape index (κ2) is 7.31. The number of hydrazone groups is 1. The lowest BCUT2D eigenvalue weighted by Gasteiger charge is -2.18. The van der Waals surface area contributed by atoms with E-state index in [9.17, 15) is 9.90 Å². The van der Waals surface area contributed by atoms with Crippen LogP contribution in [0.4, 0.5) is 0 Å². The third-order valence-corrected chi connectivity index (χ3v) is 5.48. The Labute approximate surface area is 164 Å². The van der Waals surface area contributed by atoms with Crippen LogP contribution in [0.3, 0.4) is 0 Å². The van der Waals surface area contributed by atoms with E-state index in [1.54, 1.807) is 25.1 Å². The van der Waals surface area contributed by atoms with Crippen molar-refractivity contribution in [2.75, 3.05) is 0 Å². The third kappa shape index (κ3) is 3.18. The van der Waals surface area contributed by atoms with E-state index < -0.39 is 0 Å². The van der Waals surface area contributed by atoms with Crippen molar-refractivity contribution in [1.29, 1.82) is 0 Å². The van der Waals surface area contributed by atoms with Gasteiger partial charge in [-0.15, -0.1) is 0 Å². The molecule has 1 atom stereocenters. The SMILES string of the molecule is C/C(=N\NC(=O)C1CC1(c1ccccc1)c1ccccc1)c1ccccc1O. The first-order valence-corrected chi connectivity index (χ1v) is 9.36. The number of phenolic OH excluding ortho intramolecular Hbond substituents is 1. The Morgan fingerprint density at radius 1 is 0.929 bits per heavy atom. The highest BCUT2D eigenvalue weighted by Crippen LogP contribution is 2.58. The van der Waals surface area contributed by atoms with Gasteiger partial charge in [-0.25, -0.2) is 5.43 Å². The van der Waals surface area contributed by atoms with Crippen LogP contribution in [0.1, 0.15) is 30.0 Å². The maximum atomic E-state index is 12.9. The molecule has 1 unspecified atom stereocenters. The maximum absolute atomic E-state index is 12.9. The summed E-state index contributed by atoms with van der Waals surface area (Å²) in [6.45, 7) is 1.77. The van der Waals surface area contributed by atoms with Gasteiger partial charge in [0.1, 0.15) is 5.75 Å². The van der Waals surface area contributed by atoms with E-state index in [1.807, 2.05) is 42.5 Å². The fourth-order valence-corrected chi connectivity index (χ4v) is 3.91. The molecule has 0 heterocycles. The van der Waals surface area contributed by atoms with Crippen LogP contribution in [0.5, 0.6) is 5.75 Å². The molecule has 0 aliphatic heterocycles. The highest BCUT2D eigenvalue weighted by molar-refractivity contribution is 6.01. The molecule has 0 spiro atoms. The smallest absolute Gasteiger partial charge is 0.244 e. The summed E-state index contributed by atoms with van der Waals surface area (Å²) in [7, 11) is 0. The Morgan fingerprint density at radius 3 is 2.04 bits per heavy atom. The van der Waals surface area contributed by atoms with Crippen LogP contribution >= 0.6 is 0 Å². The molecule has 1 aliphatic rings. The van der Waals surface area contributed by atoms with Crippen molar-refractivity contribution < 1.29 is 9.90 Å². The monoisotopic (exact) mass is 370 g/mol. The highest BCUT2D eigenvalue weighted by atomic mass is 16.3. The number of hydrogen-bond donors (Lipinski definition) is 2. The van der Waals surface area contributed by atoms with Crippen LogP contribution in [0.25, 0.3) is 0 Å². The molecule has 140 valence electrons. The maximum Gasteiger partial charge on any atom is 0.244 e. The van der Waals surface area contributed by atoms with Crippen LogP contribution in [0, 0.1) is 5.92 Å². The van der Waals surface area contributed by atoms with E-state index in [0.29, 0.717) is 11.3 Å². The number of nitrogens with one attached hydrogen (secondary N) is 1. The number of hydrogen-bond acceptors (Lipinski definition) is 3. The highest BCUT2D eigenvalue weighted by Gasteiger charge is 2.60. The van der Waals surface area contributed by atoms with Gasteiger partial charge in [-0.1, -0.05) is 72.8 Å². The van der Waals surface area contributed by atoms with Crippen molar-refractivity contribution in [3.8, 4) is 5.75 Å². The zero-order valence-corrected chi connectivity index (χ0v) is 15.7. The summed E-state index contributed by atoms with van der Waals surface area (Å²) < 4.78 is 0. The molecule has 1 fully saturated rings. The predicted octanol–water partition coefficient (Wildman–Crippen LogP) is 4.24. The minimum atomic E-state index is -0.315. The molecule has 0 saturated heterocycles. The number of carbonyl (C=O) groups excluding carboxylic acids is 1. The zero-order valence-electron chi connectivity index (χ0n) is 15.7. The minimum absolute atomic E-state index is 0.109. The van der Waals surface area contributed by atoms with Gasteiger partial charge in [0.15, 0.2) is 0 Å². The molecule has 4 heteroatoms. The third-order valence-electron chi connectivity index (χ3n) is 5.48. The fraction of sp³-hybridized carbons (Fsp3) is 0.167. The second-order valence-electron chi connectivity index (χ2n) is 7.15. The summed E-state index contributed by atoms with van der Waals surface area (Å²) in [5.41, 5.74) is 5.84. The van der Waals surface area contributed by atoms with E-state index in [4.69, 9.17) is 0 Å². The topological polar surface area (TPSA) is 61.7 Å². The van der Waals surface area contributed by atoms with Crippen LogP contribution in [-0.2, 0) is 10.2 Å². The Kier molecular flexibility index (Phi) is 4.70. The number of amides is 1. The molecule has 1 aliphatic carbocycles. The van der Waals surface area contributed by atoms with E-state index in [0.717, 1.165) is 17.5 Å². The van der Waals surface area contributed by atoms with Crippen molar-refractivity contribution in [2.45, 2.75) is 18.8 Å². The number of para-hydroxylation sites is 1. The number of rotatable bonds is 5. The molecule has 0 bridgehead atoms. The summed E-state index contributed by atoms with van der Waals surface area (Å²) in [6, 6.07) is 27.3. The summed E-state index contributed by atoms with van der Waals surface area (Å²) in [6.07, 6.45) is 0.748. The van der Waals surface area contributed by atoms with Crippen molar-refractivity contribution >= 4 is 11.6 Å². The molecule has 2 N–H and O–H groups in total. The molecule has 0 radical (unpaired) electrons. The molecule has 4 rings (SSSR count). The Balaban J connectivity index is 1.58. The lowest BCUT2D eigenvalue weighted by atomic mass is 9.85. The molecular weight excluding hydrogens is 348 g/mol. The molecule has 3 aromatic rings. The first kappa shape index (κ1) is 18.0. The first-order valence-electron chi connectivity index (χ1n) is 9.36. The van der Waals surface area contributed by atoms with Crippen LogP contribution in [-0.4, -0.2) is 16.7 Å². The van der Waals surface area contributed by atoms with Gasteiger partial charge in [0.05, 0.1) is 11.6 Å². The van der Waals surface area contributed by atoms with Gasteiger partial charge in [-0.2, -0.15) is 5.10 Å². The van der Waals surface area contributed by atoms with Gasteiger partial charge in [-0.05, 0) is 36.6 Å². The largest absolute Gasteiger partial charge is 0.507 e. The molecule has 1 amide bonds. The van der Waals surface area contributed by atoms with Gasteiger partial charge in [0.25, 0.3) is 0 Å². The number of aromatic hydroxyl groups is 1. The molecular formula is C24H22N2O2. The summed E-state index contributed by atoms with van der Waals surface area (Å²) in [5.74, 6) is -0.145. The Hall–Kier alpha value is -3.40. The van der Waals surface area contributed by atoms with Crippen molar-refractivity contribution in [1.82, 2.24) is 5.43 Å². The van der Waals surface area contributed by atoms with E-state index in [1.165, 1.54) is 0 Å². The molecule has 28 heavy (non-hydrogen) atoms. The molecule has 4 nitrogen and oxygen atoms in total. The van der Waals surface area contributed by atoms with Gasteiger partial charge in [0, 0.05) is 11.0 Å². The Morgan fingerprint density at radius 2 is 1.46 bits per heavy atom. The van der Waals surface area contributed by atoms with E-state index >= 15 is 0 Å². The molecule has 1 saturated carbocycles. The zero-order chi connectivity index (χ0) is 19.6. The predicted molar refractivity (Wildman–Crippen MR) is 110 cm³/mol. The van der Waals surface area contributed by atoms with Gasteiger partial charge >= 0.3 is 0 Å². The molecule has 0 aromatic heterocycles. The van der Waals surface area contributed by atoms with Crippen molar-refractivity contribution in [2.24, 2.45) is 11.0 Å². The quantitative estimate of drug-likeness (QED) is 0.521. The van der Waals surface area contributed by atoms with Crippen molar-refractivity contribution in [3.05, 3.63) is 102 Å². The fourth-order valence-electron chi connectivity index (χ4n) is 3.91.